The molecule has 0 bridgehead atoms. The maximum atomic E-state index is 13.5. The predicted octanol–water partition coefficient (Wildman–Crippen LogP) is 2.49. The fourth-order valence-electron chi connectivity index (χ4n) is 2.85. The van der Waals surface area contributed by atoms with Crippen molar-refractivity contribution < 1.29 is 18.7 Å². The van der Waals surface area contributed by atoms with E-state index in [0.29, 0.717) is 11.8 Å². The zero-order chi connectivity index (χ0) is 15.7. The number of aliphatic hydroxyl groups excluding tert-OH is 1. The van der Waals surface area contributed by atoms with Crippen molar-refractivity contribution in [1.82, 2.24) is 10.6 Å². The Labute approximate surface area is 127 Å². The van der Waals surface area contributed by atoms with Crippen molar-refractivity contribution in [3.63, 3.8) is 0 Å². The molecule has 1 atom stereocenters. The summed E-state index contributed by atoms with van der Waals surface area (Å²) in [7, 11) is 0. The number of amides is 2. The zero-order valence-electron chi connectivity index (χ0n) is 12.2. The van der Waals surface area contributed by atoms with Crippen LogP contribution in [0.2, 0.25) is 0 Å². The van der Waals surface area contributed by atoms with Crippen LogP contribution in [0.5, 0.6) is 0 Å². The highest BCUT2D eigenvalue weighted by Crippen LogP contribution is 2.44. The van der Waals surface area contributed by atoms with Crippen molar-refractivity contribution in [1.29, 1.82) is 0 Å². The number of aliphatic hydroxyl groups is 1. The Balaban J connectivity index is 1.52. The van der Waals surface area contributed by atoms with E-state index in [9.17, 15) is 18.7 Å². The molecular formula is C16H20F2N2O2. The summed E-state index contributed by atoms with van der Waals surface area (Å²) >= 11 is 0. The van der Waals surface area contributed by atoms with Crippen LogP contribution in [0.4, 0.5) is 13.6 Å². The van der Waals surface area contributed by atoms with Gasteiger partial charge in [-0.1, -0.05) is 6.07 Å². The number of hydrogen-bond donors (Lipinski definition) is 3. The Morgan fingerprint density at radius 3 is 2.23 bits per heavy atom. The number of hydrogen-bond acceptors (Lipinski definition) is 2. The van der Waals surface area contributed by atoms with Crippen LogP contribution in [-0.4, -0.2) is 23.7 Å². The van der Waals surface area contributed by atoms with Crippen LogP contribution in [0, 0.1) is 23.5 Å². The average molecular weight is 310 g/mol. The fraction of sp³-hybridized carbons (Fsp3) is 0.562. The molecule has 0 saturated heterocycles. The van der Waals surface area contributed by atoms with Crippen LogP contribution in [0.1, 0.15) is 37.4 Å². The first-order chi connectivity index (χ1) is 10.6. The van der Waals surface area contributed by atoms with Gasteiger partial charge >= 0.3 is 6.03 Å². The van der Waals surface area contributed by atoms with Gasteiger partial charge in [-0.3, -0.25) is 0 Å². The quantitative estimate of drug-likeness (QED) is 0.756. The van der Waals surface area contributed by atoms with Gasteiger partial charge in [-0.25, -0.2) is 13.6 Å². The lowest BCUT2D eigenvalue weighted by Gasteiger charge is -2.19. The third kappa shape index (κ3) is 3.55. The molecule has 3 N–H and O–H groups in total. The summed E-state index contributed by atoms with van der Waals surface area (Å²) in [6.45, 7) is -0.230. The summed E-state index contributed by atoms with van der Waals surface area (Å²) < 4.78 is 27.1. The normalized spacial score (nSPS) is 19.1. The lowest BCUT2D eigenvalue weighted by molar-refractivity contribution is 0.163. The zero-order valence-corrected chi connectivity index (χ0v) is 12.2. The van der Waals surface area contributed by atoms with E-state index < -0.39 is 23.3 Å². The van der Waals surface area contributed by atoms with E-state index in [4.69, 9.17) is 0 Å². The molecule has 0 radical (unpaired) electrons. The van der Waals surface area contributed by atoms with Crippen molar-refractivity contribution >= 4 is 6.03 Å². The third-order valence-corrected chi connectivity index (χ3v) is 4.35. The van der Waals surface area contributed by atoms with E-state index in [1.54, 1.807) is 0 Å². The van der Waals surface area contributed by atoms with Crippen LogP contribution in [0.3, 0.4) is 0 Å². The lowest BCUT2D eigenvalue weighted by atomic mass is 10.1. The number of carbonyl (C=O) groups is 1. The van der Waals surface area contributed by atoms with Crippen LogP contribution < -0.4 is 10.6 Å². The number of urea groups is 1. The van der Waals surface area contributed by atoms with Crippen molar-refractivity contribution in [3.05, 3.63) is 35.4 Å². The molecule has 22 heavy (non-hydrogen) atoms. The van der Waals surface area contributed by atoms with Crippen LogP contribution in [-0.2, 0) is 0 Å². The largest absolute Gasteiger partial charge is 0.386 e. The van der Waals surface area contributed by atoms with E-state index >= 15 is 0 Å². The smallest absolute Gasteiger partial charge is 0.315 e. The van der Waals surface area contributed by atoms with Gasteiger partial charge in [0.2, 0.25) is 0 Å². The number of halogens is 2. The van der Waals surface area contributed by atoms with Crippen molar-refractivity contribution in [3.8, 4) is 0 Å². The molecule has 2 amide bonds. The molecule has 1 aromatic rings. The van der Waals surface area contributed by atoms with Gasteiger partial charge in [0.05, 0.1) is 5.56 Å². The molecule has 3 rings (SSSR count). The van der Waals surface area contributed by atoms with E-state index in [-0.39, 0.29) is 18.6 Å². The lowest BCUT2D eigenvalue weighted by Crippen LogP contribution is -2.45. The Bertz CT molecular complexity index is 527. The molecule has 2 saturated carbocycles. The van der Waals surface area contributed by atoms with Crippen LogP contribution >= 0.6 is 0 Å². The van der Waals surface area contributed by atoms with Crippen molar-refractivity contribution in [2.45, 2.75) is 37.8 Å². The monoisotopic (exact) mass is 310 g/mol. The molecule has 4 nitrogen and oxygen atoms in total. The molecule has 0 aromatic heterocycles. The van der Waals surface area contributed by atoms with Gasteiger partial charge in [0.15, 0.2) is 0 Å². The molecule has 2 aliphatic carbocycles. The van der Waals surface area contributed by atoms with Crippen LogP contribution in [0.15, 0.2) is 18.2 Å². The predicted molar refractivity (Wildman–Crippen MR) is 77.1 cm³/mol. The highest BCUT2D eigenvalue weighted by molar-refractivity contribution is 5.74. The minimum Gasteiger partial charge on any atom is -0.386 e. The second-order valence-electron chi connectivity index (χ2n) is 6.21. The second-order valence-corrected chi connectivity index (χ2v) is 6.21. The second kappa shape index (κ2) is 6.20. The molecule has 2 fully saturated rings. The van der Waals surface area contributed by atoms with Gasteiger partial charge in [0.1, 0.15) is 17.7 Å². The van der Waals surface area contributed by atoms with Gasteiger partial charge < -0.3 is 15.7 Å². The van der Waals surface area contributed by atoms with Crippen LogP contribution in [0.25, 0.3) is 0 Å². The Morgan fingerprint density at radius 2 is 1.73 bits per heavy atom. The topological polar surface area (TPSA) is 61.4 Å². The van der Waals surface area contributed by atoms with Crippen molar-refractivity contribution in [2.75, 3.05) is 6.54 Å². The summed E-state index contributed by atoms with van der Waals surface area (Å²) in [5, 5.41) is 15.3. The van der Waals surface area contributed by atoms with E-state index in [1.807, 2.05) is 0 Å². The first-order valence-electron chi connectivity index (χ1n) is 7.72. The van der Waals surface area contributed by atoms with Gasteiger partial charge in [0.25, 0.3) is 0 Å². The molecular weight excluding hydrogens is 290 g/mol. The van der Waals surface area contributed by atoms with E-state index in [1.165, 1.54) is 6.07 Å². The standard InChI is InChI=1S/C16H20F2N2O2/c17-11-2-1-3-12(18)14(11)13(21)8-19-16(22)20-15(9-4-5-9)10-6-7-10/h1-3,9-10,13,15,21H,4-8H2,(H2,19,20,22). The molecule has 1 aromatic carbocycles. The summed E-state index contributed by atoms with van der Waals surface area (Å²) in [6.07, 6.45) is 3.16. The Hall–Kier alpha value is -1.69. The van der Waals surface area contributed by atoms with Gasteiger partial charge in [-0.2, -0.15) is 0 Å². The summed E-state index contributed by atoms with van der Waals surface area (Å²) in [6, 6.07) is 3.20. The summed E-state index contributed by atoms with van der Waals surface area (Å²) in [5.41, 5.74) is -0.413. The van der Waals surface area contributed by atoms with Gasteiger partial charge in [0, 0.05) is 12.6 Å². The first kappa shape index (κ1) is 15.2. The number of benzene rings is 1. The number of carbonyl (C=O) groups excluding carboxylic acids is 1. The highest BCUT2D eigenvalue weighted by Gasteiger charge is 2.42. The minimum atomic E-state index is -1.41. The fourth-order valence-corrected chi connectivity index (χ4v) is 2.85. The molecule has 0 heterocycles. The maximum absolute atomic E-state index is 13.5. The van der Waals surface area contributed by atoms with E-state index in [0.717, 1.165) is 37.8 Å². The maximum Gasteiger partial charge on any atom is 0.315 e. The third-order valence-electron chi connectivity index (χ3n) is 4.35. The molecule has 1 unspecified atom stereocenters. The Kier molecular flexibility index (Phi) is 4.29. The van der Waals surface area contributed by atoms with E-state index in [2.05, 4.69) is 10.6 Å². The Morgan fingerprint density at radius 1 is 1.18 bits per heavy atom. The molecule has 0 spiro atoms. The molecule has 2 aliphatic rings. The van der Waals surface area contributed by atoms with Crippen molar-refractivity contribution in [2.24, 2.45) is 11.8 Å². The first-order valence-corrected chi connectivity index (χ1v) is 7.72. The number of rotatable bonds is 6. The molecule has 0 aliphatic heterocycles. The number of nitrogens with one attached hydrogen (secondary N) is 2. The summed E-state index contributed by atoms with van der Waals surface area (Å²) in [4.78, 5) is 11.9. The SMILES string of the molecule is O=C(NCC(O)c1c(F)cccc1F)NC(C1CC1)C1CC1. The molecule has 120 valence electrons. The minimum absolute atomic E-state index is 0.197. The van der Waals surface area contributed by atoms with Gasteiger partial charge in [-0.05, 0) is 49.7 Å². The molecule has 6 heteroatoms. The summed E-state index contributed by atoms with van der Waals surface area (Å²) in [5.74, 6) is -0.508. The average Bonchev–Trinajstić information content (AvgIpc) is 3.36. The highest BCUT2D eigenvalue weighted by atomic mass is 19.1. The van der Waals surface area contributed by atoms with Gasteiger partial charge in [-0.15, -0.1) is 0 Å².